The molecular formula is C12H15NO3. The third kappa shape index (κ3) is 1.59. The van der Waals surface area contributed by atoms with Crippen LogP contribution in [-0.4, -0.2) is 27.0 Å². The van der Waals surface area contributed by atoms with Gasteiger partial charge in [-0.1, -0.05) is 0 Å². The van der Waals surface area contributed by atoms with Crippen molar-refractivity contribution in [3.8, 4) is 17.2 Å². The highest BCUT2D eigenvalue weighted by Crippen LogP contribution is 2.39. The first kappa shape index (κ1) is 9.78. The average molecular weight is 221 g/mol. The maximum absolute atomic E-state index is 5.38. The maximum Gasteiger partial charge on any atom is 0.231 e. The van der Waals surface area contributed by atoms with Gasteiger partial charge < -0.3 is 19.5 Å². The van der Waals surface area contributed by atoms with E-state index in [1.807, 2.05) is 12.1 Å². The van der Waals surface area contributed by atoms with Gasteiger partial charge in [0.05, 0.1) is 7.11 Å². The molecule has 1 aromatic carbocycles. The molecule has 2 aliphatic heterocycles. The Morgan fingerprint density at radius 3 is 2.69 bits per heavy atom. The first-order chi connectivity index (χ1) is 7.86. The van der Waals surface area contributed by atoms with Crippen LogP contribution in [0.25, 0.3) is 0 Å². The van der Waals surface area contributed by atoms with E-state index >= 15 is 0 Å². The highest BCUT2D eigenvalue weighted by atomic mass is 16.7. The molecule has 0 amide bonds. The zero-order valence-corrected chi connectivity index (χ0v) is 9.29. The van der Waals surface area contributed by atoms with E-state index in [4.69, 9.17) is 14.2 Å². The Hall–Kier alpha value is -1.42. The molecule has 0 atom stereocenters. The number of hydrogen-bond acceptors (Lipinski definition) is 4. The lowest BCUT2D eigenvalue weighted by molar-refractivity contribution is 0.174. The number of benzene rings is 1. The minimum atomic E-state index is 0.312. The van der Waals surface area contributed by atoms with E-state index in [0.29, 0.717) is 12.7 Å². The fraction of sp³-hybridized carbons (Fsp3) is 0.500. The Kier molecular flexibility index (Phi) is 2.36. The van der Waals surface area contributed by atoms with Crippen LogP contribution in [0.4, 0.5) is 0 Å². The van der Waals surface area contributed by atoms with Gasteiger partial charge in [0, 0.05) is 6.07 Å². The van der Waals surface area contributed by atoms with Crippen LogP contribution in [0.15, 0.2) is 12.1 Å². The molecule has 86 valence electrons. The molecule has 0 saturated carbocycles. The summed E-state index contributed by atoms with van der Waals surface area (Å²) < 4.78 is 16.1. The standard InChI is InChI=1S/C12H15NO3/c1-14-10-4-12-11(15-7-16-12)3-9(10)2-8-5-13-6-8/h3-4,8,13H,2,5-7H2,1H3. The van der Waals surface area contributed by atoms with Crippen molar-refractivity contribution in [2.24, 2.45) is 5.92 Å². The normalized spacial score (nSPS) is 18.3. The van der Waals surface area contributed by atoms with Gasteiger partial charge in [-0.15, -0.1) is 0 Å². The molecule has 1 N–H and O–H groups in total. The molecule has 3 rings (SSSR count). The minimum absolute atomic E-state index is 0.312. The maximum atomic E-state index is 5.38. The van der Waals surface area contributed by atoms with Gasteiger partial charge in [-0.25, -0.2) is 0 Å². The molecule has 1 fully saturated rings. The summed E-state index contributed by atoms with van der Waals surface area (Å²) in [6, 6.07) is 3.96. The molecular weight excluding hydrogens is 206 g/mol. The number of fused-ring (bicyclic) bond motifs is 1. The summed E-state index contributed by atoms with van der Waals surface area (Å²) in [7, 11) is 1.69. The van der Waals surface area contributed by atoms with Gasteiger partial charge in [0.15, 0.2) is 11.5 Å². The molecule has 4 heteroatoms. The van der Waals surface area contributed by atoms with Crippen LogP contribution < -0.4 is 19.5 Å². The Morgan fingerprint density at radius 2 is 2.06 bits per heavy atom. The zero-order chi connectivity index (χ0) is 11.0. The summed E-state index contributed by atoms with van der Waals surface area (Å²) in [4.78, 5) is 0. The van der Waals surface area contributed by atoms with E-state index < -0.39 is 0 Å². The summed E-state index contributed by atoms with van der Waals surface area (Å²) in [6.07, 6.45) is 1.03. The lowest BCUT2D eigenvalue weighted by atomic mass is 9.93. The van der Waals surface area contributed by atoms with Crippen LogP contribution in [0.1, 0.15) is 5.56 Å². The van der Waals surface area contributed by atoms with Crippen LogP contribution >= 0.6 is 0 Å². The summed E-state index contributed by atoms with van der Waals surface area (Å²) >= 11 is 0. The molecule has 1 saturated heterocycles. The van der Waals surface area contributed by atoms with Crippen molar-refractivity contribution < 1.29 is 14.2 Å². The van der Waals surface area contributed by atoms with Crippen molar-refractivity contribution in [1.82, 2.24) is 5.32 Å². The smallest absolute Gasteiger partial charge is 0.231 e. The molecule has 0 aromatic heterocycles. The monoisotopic (exact) mass is 221 g/mol. The first-order valence-corrected chi connectivity index (χ1v) is 5.54. The second-order valence-corrected chi connectivity index (χ2v) is 4.25. The van der Waals surface area contributed by atoms with E-state index in [1.54, 1.807) is 7.11 Å². The number of rotatable bonds is 3. The largest absolute Gasteiger partial charge is 0.496 e. The molecule has 0 spiro atoms. The van der Waals surface area contributed by atoms with Gasteiger partial charge in [0.1, 0.15) is 5.75 Å². The molecule has 2 aliphatic rings. The fourth-order valence-corrected chi connectivity index (χ4v) is 2.12. The molecule has 16 heavy (non-hydrogen) atoms. The van der Waals surface area contributed by atoms with Gasteiger partial charge in [-0.3, -0.25) is 0 Å². The van der Waals surface area contributed by atoms with E-state index in [2.05, 4.69) is 5.32 Å². The predicted octanol–water partition coefficient (Wildman–Crippen LogP) is 1.19. The highest BCUT2D eigenvalue weighted by Gasteiger charge is 2.22. The van der Waals surface area contributed by atoms with Crippen LogP contribution in [0, 0.1) is 5.92 Å². The second-order valence-electron chi connectivity index (χ2n) is 4.25. The Balaban J connectivity index is 1.89. The topological polar surface area (TPSA) is 39.7 Å². The van der Waals surface area contributed by atoms with Crippen molar-refractivity contribution in [1.29, 1.82) is 0 Å². The highest BCUT2D eigenvalue weighted by molar-refractivity contribution is 5.52. The minimum Gasteiger partial charge on any atom is -0.496 e. The van der Waals surface area contributed by atoms with Crippen molar-refractivity contribution in [2.45, 2.75) is 6.42 Å². The molecule has 4 nitrogen and oxygen atoms in total. The quantitative estimate of drug-likeness (QED) is 0.832. The van der Waals surface area contributed by atoms with Gasteiger partial charge in [0.25, 0.3) is 0 Å². The second kappa shape index (κ2) is 3.87. The van der Waals surface area contributed by atoms with Crippen LogP contribution in [0.2, 0.25) is 0 Å². The van der Waals surface area contributed by atoms with Gasteiger partial charge in [0.2, 0.25) is 6.79 Å². The number of ether oxygens (including phenoxy) is 3. The Labute approximate surface area is 94.5 Å². The molecule has 2 heterocycles. The molecule has 0 radical (unpaired) electrons. The lowest BCUT2D eigenvalue weighted by Crippen LogP contribution is -2.43. The first-order valence-electron chi connectivity index (χ1n) is 5.54. The lowest BCUT2D eigenvalue weighted by Gasteiger charge is -2.27. The fourth-order valence-electron chi connectivity index (χ4n) is 2.12. The third-order valence-electron chi connectivity index (χ3n) is 3.15. The predicted molar refractivity (Wildman–Crippen MR) is 59.2 cm³/mol. The number of hydrogen-bond donors (Lipinski definition) is 1. The van der Waals surface area contributed by atoms with Crippen LogP contribution in [-0.2, 0) is 6.42 Å². The van der Waals surface area contributed by atoms with Crippen LogP contribution in [0.5, 0.6) is 17.2 Å². The van der Waals surface area contributed by atoms with Crippen molar-refractivity contribution in [3.63, 3.8) is 0 Å². The van der Waals surface area contributed by atoms with Gasteiger partial charge in [-0.05, 0) is 37.1 Å². The van der Waals surface area contributed by atoms with Crippen LogP contribution in [0.3, 0.4) is 0 Å². The summed E-state index contributed by atoms with van der Waals surface area (Å²) in [5.41, 5.74) is 1.21. The van der Waals surface area contributed by atoms with Crippen molar-refractivity contribution >= 4 is 0 Å². The van der Waals surface area contributed by atoms with E-state index in [0.717, 1.165) is 36.8 Å². The SMILES string of the molecule is COc1cc2c(cc1CC1CNC1)OCO2. The van der Waals surface area contributed by atoms with Crippen molar-refractivity contribution in [2.75, 3.05) is 27.0 Å². The molecule has 0 bridgehead atoms. The summed E-state index contributed by atoms with van der Waals surface area (Å²) in [6.45, 7) is 2.50. The Bertz CT molecular complexity index is 401. The molecule has 0 aliphatic carbocycles. The van der Waals surface area contributed by atoms with E-state index in [9.17, 15) is 0 Å². The molecule has 1 aromatic rings. The Morgan fingerprint density at radius 1 is 1.31 bits per heavy atom. The number of methoxy groups -OCH3 is 1. The third-order valence-corrected chi connectivity index (χ3v) is 3.15. The van der Waals surface area contributed by atoms with Gasteiger partial charge in [-0.2, -0.15) is 0 Å². The number of nitrogens with one attached hydrogen (secondary N) is 1. The van der Waals surface area contributed by atoms with E-state index in [-0.39, 0.29) is 0 Å². The van der Waals surface area contributed by atoms with Gasteiger partial charge >= 0.3 is 0 Å². The average Bonchev–Trinajstić information content (AvgIpc) is 2.68. The summed E-state index contributed by atoms with van der Waals surface area (Å²) in [5, 5.41) is 3.27. The van der Waals surface area contributed by atoms with E-state index in [1.165, 1.54) is 5.56 Å². The zero-order valence-electron chi connectivity index (χ0n) is 9.29. The van der Waals surface area contributed by atoms with Crippen molar-refractivity contribution in [3.05, 3.63) is 17.7 Å². The molecule has 0 unspecified atom stereocenters. The summed E-state index contributed by atoms with van der Waals surface area (Å²) in [5.74, 6) is 3.24.